The largest absolute Gasteiger partial charge is 0.325 e. The Bertz CT molecular complexity index is 1170. The normalized spacial score (nSPS) is 11.2. The summed E-state index contributed by atoms with van der Waals surface area (Å²) in [6.45, 7) is 4.30. The van der Waals surface area contributed by atoms with Crippen molar-refractivity contribution in [3.8, 4) is 11.1 Å². The topological polar surface area (TPSA) is 54.9 Å². The Morgan fingerprint density at radius 3 is 2.53 bits per heavy atom. The van der Waals surface area contributed by atoms with E-state index in [9.17, 15) is 4.79 Å². The van der Waals surface area contributed by atoms with Crippen molar-refractivity contribution in [2.75, 3.05) is 11.1 Å². The van der Waals surface area contributed by atoms with Crippen LogP contribution in [0.1, 0.15) is 25.3 Å². The SMILES string of the molecule is CC(C)c1ccc(NC(=O)CSc2ncnc3scc(-c4ccc(Cl)cc4)c23)cc1. The summed E-state index contributed by atoms with van der Waals surface area (Å²) < 4.78 is 0. The van der Waals surface area contributed by atoms with E-state index in [4.69, 9.17) is 11.6 Å². The monoisotopic (exact) mass is 453 g/mol. The van der Waals surface area contributed by atoms with Crippen molar-refractivity contribution in [3.63, 3.8) is 0 Å². The lowest BCUT2D eigenvalue weighted by Crippen LogP contribution is -2.14. The first-order chi connectivity index (χ1) is 14.5. The third-order valence-corrected chi connectivity index (χ3v) is 6.82. The average molecular weight is 454 g/mol. The lowest BCUT2D eigenvalue weighted by molar-refractivity contribution is -0.113. The molecule has 0 saturated carbocycles. The third kappa shape index (κ3) is 4.67. The lowest BCUT2D eigenvalue weighted by atomic mass is 10.0. The van der Waals surface area contributed by atoms with Gasteiger partial charge in [0.2, 0.25) is 5.91 Å². The predicted molar refractivity (Wildman–Crippen MR) is 128 cm³/mol. The Morgan fingerprint density at radius 1 is 1.10 bits per heavy atom. The van der Waals surface area contributed by atoms with Gasteiger partial charge in [0, 0.05) is 21.7 Å². The minimum atomic E-state index is -0.0627. The molecule has 2 heterocycles. The summed E-state index contributed by atoms with van der Waals surface area (Å²) in [7, 11) is 0. The van der Waals surface area contributed by atoms with E-state index in [-0.39, 0.29) is 11.7 Å². The first-order valence-corrected chi connectivity index (χ1v) is 11.8. The van der Waals surface area contributed by atoms with Crippen molar-refractivity contribution in [3.05, 3.63) is 70.8 Å². The number of aromatic nitrogens is 2. The minimum Gasteiger partial charge on any atom is -0.325 e. The molecule has 4 rings (SSSR count). The molecular formula is C23H20ClN3OS2. The second-order valence-electron chi connectivity index (χ2n) is 7.13. The smallest absolute Gasteiger partial charge is 0.234 e. The molecule has 2 aromatic carbocycles. The first kappa shape index (κ1) is 20.8. The molecule has 0 aliphatic heterocycles. The number of fused-ring (bicyclic) bond motifs is 1. The van der Waals surface area contributed by atoms with Gasteiger partial charge in [0.1, 0.15) is 16.2 Å². The number of nitrogens with one attached hydrogen (secondary N) is 1. The molecule has 1 N–H and O–H groups in total. The lowest BCUT2D eigenvalue weighted by Gasteiger charge is -2.09. The summed E-state index contributed by atoms with van der Waals surface area (Å²) in [4.78, 5) is 22.2. The molecule has 2 aromatic heterocycles. The Balaban J connectivity index is 1.50. The number of hydrogen-bond donors (Lipinski definition) is 1. The van der Waals surface area contributed by atoms with Crippen molar-refractivity contribution in [1.29, 1.82) is 0 Å². The highest BCUT2D eigenvalue weighted by Crippen LogP contribution is 2.38. The standard InChI is InChI=1S/C23H20ClN3OS2/c1-14(2)15-5-9-18(10-6-15)27-20(28)12-30-23-21-19(11-29-22(21)25-13-26-23)16-3-7-17(24)8-4-16/h3-11,13-14H,12H2,1-2H3,(H,27,28). The number of carbonyl (C=O) groups excluding carboxylic acids is 1. The maximum Gasteiger partial charge on any atom is 0.234 e. The Labute approximate surface area is 188 Å². The zero-order valence-electron chi connectivity index (χ0n) is 16.6. The van der Waals surface area contributed by atoms with Crippen LogP contribution in [0.25, 0.3) is 21.3 Å². The van der Waals surface area contributed by atoms with E-state index in [0.717, 1.165) is 32.1 Å². The third-order valence-electron chi connectivity index (χ3n) is 4.69. The van der Waals surface area contributed by atoms with Crippen LogP contribution in [0.3, 0.4) is 0 Å². The van der Waals surface area contributed by atoms with Crippen LogP contribution in [0.15, 0.2) is 65.3 Å². The molecule has 0 fully saturated rings. The van der Waals surface area contributed by atoms with Gasteiger partial charge in [-0.1, -0.05) is 61.5 Å². The van der Waals surface area contributed by atoms with E-state index in [2.05, 4.69) is 34.5 Å². The van der Waals surface area contributed by atoms with Gasteiger partial charge in [-0.3, -0.25) is 4.79 Å². The van der Waals surface area contributed by atoms with Gasteiger partial charge in [0.15, 0.2) is 0 Å². The number of thiophene rings is 1. The Morgan fingerprint density at radius 2 is 1.83 bits per heavy atom. The predicted octanol–water partition coefficient (Wildman–Crippen LogP) is 6.87. The number of hydrogen-bond acceptors (Lipinski definition) is 5. The van der Waals surface area contributed by atoms with Gasteiger partial charge in [0.25, 0.3) is 0 Å². The van der Waals surface area contributed by atoms with Gasteiger partial charge in [-0.2, -0.15) is 0 Å². The molecule has 4 aromatic rings. The van der Waals surface area contributed by atoms with E-state index in [1.54, 1.807) is 17.7 Å². The van der Waals surface area contributed by atoms with E-state index in [1.807, 2.05) is 48.5 Å². The highest BCUT2D eigenvalue weighted by atomic mass is 35.5. The molecule has 0 spiro atoms. The molecule has 0 aliphatic carbocycles. The zero-order chi connectivity index (χ0) is 21.1. The quantitative estimate of drug-likeness (QED) is 0.256. The van der Waals surface area contributed by atoms with Gasteiger partial charge in [0.05, 0.1) is 11.1 Å². The van der Waals surface area contributed by atoms with Gasteiger partial charge in [-0.15, -0.1) is 11.3 Å². The number of nitrogens with zero attached hydrogens (tertiary/aromatic N) is 2. The number of amides is 1. The number of rotatable bonds is 6. The molecule has 152 valence electrons. The van der Waals surface area contributed by atoms with Crippen molar-refractivity contribution >= 4 is 56.5 Å². The molecule has 0 atom stereocenters. The highest BCUT2D eigenvalue weighted by Gasteiger charge is 2.15. The van der Waals surface area contributed by atoms with E-state index >= 15 is 0 Å². The summed E-state index contributed by atoms with van der Waals surface area (Å²) in [5.74, 6) is 0.673. The van der Waals surface area contributed by atoms with Gasteiger partial charge in [-0.05, 0) is 41.3 Å². The maximum atomic E-state index is 12.5. The van der Waals surface area contributed by atoms with Crippen LogP contribution in [0.4, 0.5) is 5.69 Å². The summed E-state index contributed by atoms with van der Waals surface area (Å²) >= 11 is 9.02. The van der Waals surface area contributed by atoms with Crippen molar-refractivity contribution in [2.24, 2.45) is 0 Å². The number of thioether (sulfide) groups is 1. The number of benzene rings is 2. The summed E-state index contributed by atoms with van der Waals surface area (Å²) in [6, 6.07) is 15.7. The number of halogens is 1. The zero-order valence-corrected chi connectivity index (χ0v) is 18.9. The molecule has 0 bridgehead atoms. The molecule has 0 saturated heterocycles. The van der Waals surface area contributed by atoms with Crippen LogP contribution in [-0.2, 0) is 4.79 Å². The highest BCUT2D eigenvalue weighted by molar-refractivity contribution is 8.00. The fourth-order valence-corrected chi connectivity index (χ4v) is 5.00. The molecule has 1 amide bonds. The first-order valence-electron chi connectivity index (χ1n) is 9.52. The second kappa shape index (κ2) is 9.16. The van der Waals surface area contributed by atoms with Crippen LogP contribution in [-0.4, -0.2) is 21.6 Å². The summed E-state index contributed by atoms with van der Waals surface area (Å²) in [6.07, 6.45) is 1.55. The minimum absolute atomic E-state index is 0.0627. The summed E-state index contributed by atoms with van der Waals surface area (Å²) in [5, 5.41) is 7.50. The van der Waals surface area contributed by atoms with E-state index < -0.39 is 0 Å². The van der Waals surface area contributed by atoms with Gasteiger partial charge >= 0.3 is 0 Å². The fourth-order valence-electron chi connectivity index (χ4n) is 3.08. The Kier molecular flexibility index (Phi) is 6.37. The van der Waals surface area contributed by atoms with E-state index in [0.29, 0.717) is 10.9 Å². The number of carbonyl (C=O) groups is 1. The molecule has 0 radical (unpaired) electrons. The van der Waals surface area contributed by atoms with Crippen LogP contribution in [0.5, 0.6) is 0 Å². The molecule has 7 heteroatoms. The van der Waals surface area contributed by atoms with Crippen molar-refractivity contribution < 1.29 is 4.79 Å². The molecule has 0 aliphatic rings. The van der Waals surface area contributed by atoms with Crippen LogP contribution >= 0.6 is 34.7 Å². The van der Waals surface area contributed by atoms with E-state index in [1.165, 1.54) is 17.3 Å². The molecular weight excluding hydrogens is 434 g/mol. The van der Waals surface area contributed by atoms with Gasteiger partial charge < -0.3 is 5.32 Å². The molecule has 30 heavy (non-hydrogen) atoms. The van der Waals surface area contributed by atoms with Crippen molar-refractivity contribution in [1.82, 2.24) is 9.97 Å². The Hall–Kier alpha value is -2.41. The second-order valence-corrected chi connectivity index (χ2v) is 9.39. The van der Waals surface area contributed by atoms with Gasteiger partial charge in [-0.25, -0.2) is 9.97 Å². The average Bonchev–Trinajstić information content (AvgIpc) is 3.18. The number of anilines is 1. The van der Waals surface area contributed by atoms with Crippen LogP contribution in [0, 0.1) is 0 Å². The maximum absolute atomic E-state index is 12.5. The molecule has 0 unspecified atom stereocenters. The molecule has 4 nitrogen and oxygen atoms in total. The summed E-state index contributed by atoms with van der Waals surface area (Å²) in [5.41, 5.74) is 4.16. The van der Waals surface area contributed by atoms with Crippen molar-refractivity contribution in [2.45, 2.75) is 24.8 Å². The van der Waals surface area contributed by atoms with Crippen LogP contribution < -0.4 is 5.32 Å². The van der Waals surface area contributed by atoms with Crippen LogP contribution in [0.2, 0.25) is 5.02 Å². The fraction of sp³-hybridized carbons (Fsp3) is 0.174.